The fourth-order valence-corrected chi connectivity index (χ4v) is 10.3. The Morgan fingerprint density at radius 2 is 0.924 bits per heavy atom. The van der Waals surface area contributed by atoms with Gasteiger partial charge in [0.15, 0.2) is 17.5 Å². The highest BCUT2D eigenvalue weighted by Crippen LogP contribution is 2.45. The van der Waals surface area contributed by atoms with E-state index in [1.807, 2.05) is 30.3 Å². The predicted octanol–water partition coefficient (Wildman–Crippen LogP) is 16.1. The molecule has 0 unspecified atom stereocenters. The van der Waals surface area contributed by atoms with Gasteiger partial charge in [-0.15, -0.1) is 0 Å². The van der Waals surface area contributed by atoms with Crippen LogP contribution in [0.4, 0.5) is 0 Å². The number of hydrogen-bond donors (Lipinski definition) is 0. The molecule has 0 aliphatic rings. The molecule has 5 nitrogen and oxygen atoms in total. The first-order valence-corrected chi connectivity index (χ1v) is 22.3. The summed E-state index contributed by atoms with van der Waals surface area (Å²) in [6.45, 7) is 0. The fraction of sp³-hybridized carbons (Fsp3) is 0. The Morgan fingerprint density at radius 1 is 0.303 bits per heavy atom. The molecule has 3 aromatic heterocycles. The second-order valence-electron chi connectivity index (χ2n) is 17.1. The van der Waals surface area contributed by atoms with Gasteiger partial charge in [0, 0.05) is 49.9 Å². The van der Waals surface area contributed by atoms with Crippen LogP contribution in [0.15, 0.2) is 223 Å². The summed E-state index contributed by atoms with van der Waals surface area (Å²) in [5.74, 6) is 1.80. The van der Waals surface area contributed by atoms with Gasteiger partial charge in [0.25, 0.3) is 0 Å². The largest absolute Gasteiger partial charge is 0.456 e. The van der Waals surface area contributed by atoms with E-state index in [-0.39, 0.29) is 0 Å². The van der Waals surface area contributed by atoms with Crippen molar-refractivity contribution >= 4 is 86.8 Å². The maximum atomic E-state index is 6.94. The molecule has 5 heteroatoms. The molecule has 0 aliphatic heterocycles. The second-order valence-corrected chi connectivity index (χ2v) is 17.1. The number of nitrogens with zero attached hydrogens (tertiary/aromatic N) is 4. The molecule has 66 heavy (non-hydrogen) atoms. The maximum absolute atomic E-state index is 6.94. The van der Waals surface area contributed by atoms with Crippen molar-refractivity contribution in [2.24, 2.45) is 0 Å². The summed E-state index contributed by atoms with van der Waals surface area (Å²) in [7, 11) is 0. The molecular formula is C61H36N4O. The van der Waals surface area contributed by atoms with Gasteiger partial charge in [-0.25, -0.2) is 15.0 Å². The molecule has 306 valence electrons. The highest BCUT2D eigenvalue weighted by molar-refractivity contribution is 6.24. The quantitative estimate of drug-likeness (QED) is 0.162. The number of hydrogen-bond acceptors (Lipinski definition) is 4. The highest BCUT2D eigenvalue weighted by atomic mass is 16.3. The van der Waals surface area contributed by atoms with Crippen molar-refractivity contribution in [3.05, 3.63) is 218 Å². The summed E-state index contributed by atoms with van der Waals surface area (Å²) in [4.78, 5) is 15.7. The molecule has 0 saturated heterocycles. The van der Waals surface area contributed by atoms with Crippen molar-refractivity contribution in [3.8, 4) is 51.0 Å². The zero-order valence-electron chi connectivity index (χ0n) is 35.5. The van der Waals surface area contributed by atoms with E-state index in [1.54, 1.807) is 0 Å². The normalized spacial score (nSPS) is 11.9. The Morgan fingerprint density at radius 3 is 1.73 bits per heavy atom. The van der Waals surface area contributed by atoms with Gasteiger partial charge < -0.3 is 8.98 Å². The predicted molar refractivity (Wildman–Crippen MR) is 273 cm³/mol. The van der Waals surface area contributed by atoms with E-state index in [0.29, 0.717) is 17.5 Å². The monoisotopic (exact) mass is 840 g/mol. The van der Waals surface area contributed by atoms with Crippen molar-refractivity contribution in [2.45, 2.75) is 0 Å². The topological polar surface area (TPSA) is 56.7 Å². The van der Waals surface area contributed by atoms with E-state index < -0.39 is 0 Å². The molecule has 0 aliphatic carbocycles. The Kier molecular flexibility index (Phi) is 7.91. The van der Waals surface area contributed by atoms with Crippen LogP contribution in [0.1, 0.15) is 0 Å². The van der Waals surface area contributed by atoms with Gasteiger partial charge in [0.2, 0.25) is 0 Å². The maximum Gasteiger partial charge on any atom is 0.164 e. The lowest BCUT2D eigenvalue weighted by atomic mass is 9.98. The third kappa shape index (κ3) is 5.63. The summed E-state index contributed by atoms with van der Waals surface area (Å²) in [5, 5.41) is 14.0. The van der Waals surface area contributed by atoms with Gasteiger partial charge in [-0.3, -0.25) is 0 Å². The van der Waals surface area contributed by atoms with Crippen LogP contribution in [0.5, 0.6) is 0 Å². The first kappa shape index (κ1) is 36.5. The average Bonchev–Trinajstić information content (AvgIpc) is 3.92. The number of aromatic nitrogens is 4. The van der Waals surface area contributed by atoms with Gasteiger partial charge in [-0.05, 0) is 85.1 Å². The van der Waals surface area contributed by atoms with Crippen LogP contribution in [0.2, 0.25) is 0 Å². The molecule has 11 aromatic carbocycles. The van der Waals surface area contributed by atoms with Gasteiger partial charge >= 0.3 is 0 Å². The lowest BCUT2D eigenvalue weighted by Crippen LogP contribution is -2.00. The number of fused-ring (bicyclic) bond motifs is 12. The van der Waals surface area contributed by atoms with Crippen LogP contribution in [0.3, 0.4) is 0 Å². The molecular weight excluding hydrogens is 805 g/mol. The molecule has 0 N–H and O–H groups in total. The summed E-state index contributed by atoms with van der Waals surface area (Å²) < 4.78 is 9.38. The minimum Gasteiger partial charge on any atom is -0.456 e. The number of rotatable bonds is 5. The van der Waals surface area contributed by atoms with Crippen molar-refractivity contribution in [3.63, 3.8) is 0 Å². The molecule has 0 spiro atoms. The van der Waals surface area contributed by atoms with Crippen LogP contribution in [-0.2, 0) is 0 Å². The second kappa shape index (κ2) is 14.3. The molecule has 0 saturated carbocycles. The Hall–Kier alpha value is -8.93. The molecule has 0 atom stereocenters. The van der Waals surface area contributed by atoms with E-state index in [1.165, 1.54) is 48.5 Å². The lowest BCUT2D eigenvalue weighted by molar-refractivity contribution is 0.668. The van der Waals surface area contributed by atoms with E-state index in [9.17, 15) is 0 Å². The molecule has 3 heterocycles. The lowest BCUT2D eigenvalue weighted by Gasteiger charge is -2.15. The van der Waals surface area contributed by atoms with Crippen molar-refractivity contribution in [1.29, 1.82) is 0 Å². The minimum absolute atomic E-state index is 0.581. The third-order valence-corrected chi connectivity index (χ3v) is 13.4. The van der Waals surface area contributed by atoms with Crippen LogP contribution < -0.4 is 0 Å². The molecule has 14 rings (SSSR count). The molecule has 0 radical (unpaired) electrons. The van der Waals surface area contributed by atoms with E-state index in [2.05, 4.69) is 193 Å². The first-order chi connectivity index (χ1) is 32.7. The van der Waals surface area contributed by atoms with Crippen LogP contribution >= 0.6 is 0 Å². The molecule has 0 bridgehead atoms. The van der Waals surface area contributed by atoms with Gasteiger partial charge in [0.1, 0.15) is 11.2 Å². The van der Waals surface area contributed by atoms with E-state index in [4.69, 9.17) is 19.4 Å². The first-order valence-electron chi connectivity index (χ1n) is 22.3. The molecule has 14 aromatic rings. The number of furan rings is 1. The SMILES string of the molecule is c1ccc(-c2nc(-c3ccc4c(ccc5ccccc54)c3)nc(-c3cccc4oc5cc(-n6c7cc8ccccc8cc7c7c8ccccc8ccc76)c(-c6ccccc6)cc5c34)n2)cc1. The zero-order valence-corrected chi connectivity index (χ0v) is 35.5. The van der Waals surface area contributed by atoms with Crippen LogP contribution in [0.25, 0.3) is 138 Å². The average molecular weight is 841 g/mol. The number of benzene rings is 11. The van der Waals surface area contributed by atoms with Crippen molar-refractivity contribution < 1.29 is 4.42 Å². The van der Waals surface area contributed by atoms with Crippen LogP contribution in [0, 0.1) is 0 Å². The Bertz CT molecular complexity index is 4280. The summed E-state index contributed by atoms with van der Waals surface area (Å²) >= 11 is 0. The van der Waals surface area contributed by atoms with Crippen molar-refractivity contribution in [1.82, 2.24) is 19.5 Å². The Labute approximate surface area is 378 Å². The zero-order chi connectivity index (χ0) is 43.3. The van der Waals surface area contributed by atoms with Crippen LogP contribution in [-0.4, -0.2) is 19.5 Å². The van der Waals surface area contributed by atoms with Gasteiger partial charge in [0.05, 0.1) is 16.7 Å². The summed E-state index contributed by atoms with van der Waals surface area (Å²) in [5.41, 5.74) is 9.77. The summed E-state index contributed by atoms with van der Waals surface area (Å²) in [6, 6.07) is 77.6. The van der Waals surface area contributed by atoms with E-state index in [0.717, 1.165) is 71.9 Å². The van der Waals surface area contributed by atoms with Gasteiger partial charge in [-0.1, -0.05) is 176 Å². The smallest absolute Gasteiger partial charge is 0.164 e. The molecule has 0 amide bonds. The van der Waals surface area contributed by atoms with E-state index >= 15 is 0 Å². The van der Waals surface area contributed by atoms with Crippen molar-refractivity contribution in [2.75, 3.05) is 0 Å². The standard InChI is InChI=1S/C61H36N4O/c1-3-14-37(15-4-1)49-35-51-56(36-54(49)65-52-31-29-39-17-10-12-23-47(39)57(52)50-33-41-20-7-8-21-42(41)34-53(50)65)66-55-25-13-24-48(58(51)55)61-63-59(40-18-5-2-6-19-40)62-60(64-61)44-28-30-46-43(32-44)27-26-38-16-9-11-22-45(38)46/h1-36H. The highest BCUT2D eigenvalue weighted by Gasteiger charge is 2.23. The van der Waals surface area contributed by atoms with Gasteiger partial charge in [-0.2, -0.15) is 0 Å². The molecule has 0 fully saturated rings. The fourth-order valence-electron chi connectivity index (χ4n) is 10.3. The summed E-state index contributed by atoms with van der Waals surface area (Å²) in [6.07, 6.45) is 0. The minimum atomic E-state index is 0.581. The Balaban J connectivity index is 1.03. The third-order valence-electron chi connectivity index (χ3n) is 13.4.